The molecule has 0 bridgehead atoms. The molecule has 0 heterocycles. The molecule has 0 aliphatic rings. The maximum absolute atomic E-state index is 12.8. The largest absolute Gasteiger partial charge is 0.399 e. The Morgan fingerprint density at radius 2 is 1.03 bits per heavy atom. The van der Waals surface area contributed by atoms with Crippen LogP contribution in [0.2, 0.25) is 0 Å². The van der Waals surface area contributed by atoms with E-state index in [1.165, 1.54) is 82.7 Å². The molecule has 0 saturated carbocycles. The van der Waals surface area contributed by atoms with Crippen molar-refractivity contribution < 1.29 is 4.79 Å². The zero-order chi connectivity index (χ0) is 23.0. The number of hydrogen-bond acceptors (Lipinski definition) is 3. The summed E-state index contributed by atoms with van der Waals surface area (Å²) in [5.74, 6) is 0.0509. The van der Waals surface area contributed by atoms with E-state index in [9.17, 15) is 4.79 Å². The Bertz CT molecular complexity index is 736. The summed E-state index contributed by atoms with van der Waals surface area (Å²) in [6.07, 6.45) is 15.8. The SMILES string of the molecule is CCCCCCCCN(CCCCCCCC)c1ccc(C(=O)c2ccc(N)cc2)cc1. The van der Waals surface area contributed by atoms with Crippen LogP contribution in [0.1, 0.15) is 107 Å². The summed E-state index contributed by atoms with van der Waals surface area (Å²) >= 11 is 0. The molecule has 0 aliphatic carbocycles. The normalized spacial score (nSPS) is 10.9. The van der Waals surface area contributed by atoms with E-state index in [4.69, 9.17) is 5.73 Å². The third-order valence-corrected chi connectivity index (χ3v) is 6.23. The number of carbonyl (C=O) groups is 1. The van der Waals surface area contributed by atoms with E-state index in [-0.39, 0.29) is 5.78 Å². The van der Waals surface area contributed by atoms with Crippen LogP contribution < -0.4 is 10.6 Å². The summed E-state index contributed by atoms with van der Waals surface area (Å²) in [6.45, 7) is 6.74. The van der Waals surface area contributed by atoms with Gasteiger partial charge in [0.2, 0.25) is 0 Å². The fourth-order valence-corrected chi connectivity index (χ4v) is 4.16. The van der Waals surface area contributed by atoms with Gasteiger partial charge in [-0.15, -0.1) is 0 Å². The van der Waals surface area contributed by atoms with E-state index in [1.54, 1.807) is 24.3 Å². The van der Waals surface area contributed by atoms with Crippen LogP contribution in [0.5, 0.6) is 0 Å². The number of carbonyl (C=O) groups excluding carboxylic acids is 1. The van der Waals surface area contributed by atoms with Crippen molar-refractivity contribution in [2.45, 2.75) is 90.9 Å². The van der Waals surface area contributed by atoms with Crippen LogP contribution in [-0.4, -0.2) is 18.9 Å². The lowest BCUT2D eigenvalue weighted by Gasteiger charge is -2.25. The van der Waals surface area contributed by atoms with E-state index in [2.05, 4.69) is 30.9 Å². The fraction of sp³-hybridized carbons (Fsp3) is 0.552. The Hall–Kier alpha value is -2.29. The maximum Gasteiger partial charge on any atom is 0.193 e. The maximum atomic E-state index is 12.8. The zero-order valence-corrected chi connectivity index (χ0v) is 20.5. The van der Waals surface area contributed by atoms with Crippen molar-refractivity contribution >= 4 is 17.2 Å². The predicted octanol–water partition coefficient (Wildman–Crippen LogP) is 8.03. The van der Waals surface area contributed by atoms with E-state index < -0.39 is 0 Å². The van der Waals surface area contributed by atoms with Crippen molar-refractivity contribution in [1.29, 1.82) is 0 Å². The van der Waals surface area contributed by atoms with Crippen LogP contribution in [0, 0.1) is 0 Å². The van der Waals surface area contributed by atoms with Crippen LogP contribution in [0.15, 0.2) is 48.5 Å². The third kappa shape index (κ3) is 9.46. The van der Waals surface area contributed by atoms with Gasteiger partial charge < -0.3 is 10.6 Å². The number of ketones is 1. The molecule has 0 saturated heterocycles. The molecule has 176 valence electrons. The molecular formula is C29H44N2O. The minimum atomic E-state index is 0.0509. The molecule has 3 heteroatoms. The van der Waals surface area contributed by atoms with Crippen molar-refractivity contribution in [2.24, 2.45) is 0 Å². The predicted molar refractivity (Wildman–Crippen MR) is 140 cm³/mol. The molecule has 3 nitrogen and oxygen atoms in total. The van der Waals surface area contributed by atoms with Gasteiger partial charge in [-0.3, -0.25) is 4.79 Å². The van der Waals surface area contributed by atoms with Crippen LogP contribution in [0.3, 0.4) is 0 Å². The number of anilines is 2. The Kier molecular flexibility index (Phi) is 12.6. The number of nitrogens with two attached hydrogens (primary N) is 1. The Morgan fingerprint density at radius 1 is 0.625 bits per heavy atom. The molecule has 2 aromatic carbocycles. The highest BCUT2D eigenvalue weighted by Crippen LogP contribution is 2.20. The molecule has 0 amide bonds. The standard InChI is InChI=1S/C29H44N2O/c1-3-5-7-9-11-13-23-31(24-14-12-10-8-6-4-2)28-21-17-26(18-22-28)29(32)25-15-19-27(30)20-16-25/h15-22H,3-14,23-24,30H2,1-2H3. The van der Waals surface area contributed by atoms with Gasteiger partial charge in [0.25, 0.3) is 0 Å². The van der Waals surface area contributed by atoms with E-state index >= 15 is 0 Å². The van der Waals surface area contributed by atoms with Crippen molar-refractivity contribution in [2.75, 3.05) is 23.7 Å². The fourth-order valence-electron chi connectivity index (χ4n) is 4.16. The molecule has 0 radical (unpaired) electrons. The molecule has 0 aromatic heterocycles. The molecule has 2 rings (SSSR count). The van der Waals surface area contributed by atoms with Crippen LogP contribution in [0.4, 0.5) is 11.4 Å². The Balaban J connectivity index is 1.94. The number of hydrogen-bond donors (Lipinski definition) is 1. The van der Waals surface area contributed by atoms with Crippen molar-refractivity contribution in [3.05, 3.63) is 59.7 Å². The first kappa shape index (κ1) is 26.0. The van der Waals surface area contributed by atoms with Gasteiger partial charge in [0.15, 0.2) is 5.78 Å². The van der Waals surface area contributed by atoms with Crippen LogP contribution >= 0.6 is 0 Å². The van der Waals surface area contributed by atoms with Gasteiger partial charge >= 0.3 is 0 Å². The third-order valence-electron chi connectivity index (χ3n) is 6.23. The van der Waals surface area contributed by atoms with Crippen molar-refractivity contribution in [3.63, 3.8) is 0 Å². The van der Waals surface area contributed by atoms with E-state index in [1.807, 2.05) is 12.1 Å². The van der Waals surface area contributed by atoms with Crippen LogP contribution in [-0.2, 0) is 0 Å². The topological polar surface area (TPSA) is 46.3 Å². The number of rotatable bonds is 17. The molecule has 2 N–H and O–H groups in total. The Labute approximate surface area is 196 Å². The summed E-state index contributed by atoms with van der Waals surface area (Å²) in [5, 5.41) is 0. The van der Waals surface area contributed by atoms with Gasteiger partial charge in [0.1, 0.15) is 0 Å². The highest BCUT2D eigenvalue weighted by atomic mass is 16.1. The molecule has 2 aromatic rings. The van der Waals surface area contributed by atoms with Gasteiger partial charge in [0.05, 0.1) is 0 Å². The molecule has 32 heavy (non-hydrogen) atoms. The number of unbranched alkanes of at least 4 members (excludes halogenated alkanes) is 10. The van der Waals surface area contributed by atoms with Crippen molar-refractivity contribution in [3.8, 4) is 0 Å². The average Bonchev–Trinajstić information content (AvgIpc) is 2.82. The first-order chi connectivity index (χ1) is 15.7. The second-order valence-electron chi connectivity index (χ2n) is 9.02. The van der Waals surface area contributed by atoms with E-state index in [0.717, 1.165) is 18.7 Å². The number of nitrogen functional groups attached to an aromatic ring is 1. The van der Waals surface area contributed by atoms with Gasteiger partial charge in [-0.25, -0.2) is 0 Å². The molecule has 0 atom stereocenters. The van der Waals surface area contributed by atoms with E-state index in [0.29, 0.717) is 11.3 Å². The van der Waals surface area contributed by atoms with Gasteiger partial charge in [-0.2, -0.15) is 0 Å². The first-order valence-electron chi connectivity index (χ1n) is 12.9. The lowest BCUT2D eigenvalue weighted by Crippen LogP contribution is -2.25. The van der Waals surface area contributed by atoms with Crippen LogP contribution in [0.25, 0.3) is 0 Å². The quantitative estimate of drug-likeness (QED) is 0.155. The minimum Gasteiger partial charge on any atom is -0.399 e. The molecular weight excluding hydrogens is 392 g/mol. The van der Waals surface area contributed by atoms with Gasteiger partial charge in [0, 0.05) is 35.6 Å². The zero-order valence-electron chi connectivity index (χ0n) is 20.5. The highest BCUT2D eigenvalue weighted by Gasteiger charge is 2.11. The second-order valence-corrected chi connectivity index (χ2v) is 9.02. The lowest BCUT2D eigenvalue weighted by molar-refractivity contribution is 0.103. The summed E-state index contributed by atoms with van der Waals surface area (Å²) in [4.78, 5) is 15.3. The summed E-state index contributed by atoms with van der Waals surface area (Å²) < 4.78 is 0. The van der Waals surface area contributed by atoms with Gasteiger partial charge in [-0.1, -0.05) is 78.1 Å². The smallest absolute Gasteiger partial charge is 0.193 e. The van der Waals surface area contributed by atoms with Gasteiger partial charge in [-0.05, 0) is 61.4 Å². The molecule has 0 spiro atoms. The molecule has 0 fully saturated rings. The second kappa shape index (κ2) is 15.5. The number of nitrogens with zero attached hydrogens (tertiary/aromatic N) is 1. The summed E-state index contributed by atoms with van der Waals surface area (Å²) in [6, 6.07) is 15.4. The lowest BCUT2D eigenvalue weighted by atomic mass is 10.0. The minimum absolute atomic E-state index is 0.0509. The number of benzene rings is 2. The summed E-state index contributed by atoms with van der Waals surface area (Å²) in [5.41, 5.74) is 9.08. The average molecular weight is 437 g/mol. The molecule has 0 unspecified atom stereocenters. The monoisotopic (exact) mass is 436 g/mol. The highest BCUT2D eigenvalue weighted by molar-refractivity contribution is 6.09. The Morgan fingerprint density at radius 3 is 1.50 bits per heavy atom. The molecule has 0 aliphatic heterocycles. The summed E-state index contributed by atoms with van der Waals surface area (Å²) in [7, 11) is 0. The van der Waals surface area contributed by atoms with Crippen molar-refractivity contribution in [1.82, 2.24) is 0 Å². The first-order valence-corrected chi connectivity index (χ1v) is 12.9.